The molecule has 0 radical (unpaired) electrons. The van der Waals surface area contributed by atoms with Crippen molar-refractivity contribution in [1.82, 2.24) is 5.32 Å². The molecule has 1 aliphatic rings. The van der Waals surface area contributed by atoms with Gasteiger partial charge >= 0.3 is 0 Å². The summed E-state index contributed by atoms with van der Waals surface area (Å²) < 4.78 is 6.85. The molecular formula is C17H17BrClNO. The number of rotatable bonds is 6. The molecule has 0 aliphatic heterocycles. The molecule has 0 spiro atoms. The Balaban J connectivity index is 1.61. The van der Waals surface area contributed by atoms with Gasteiger partial charge in [-0.15, -0.1) is 0 Å². The van der Waals surface area contributed by atoms with Crippen LogP contribution in [-0.4, -0.2) is 6.04 Å². The minimum absolute atomic E-state index is 0.501. The van der Waals surface area contributed by atoms with Crippen molar-refractivity contribution in [3.05, 3.63) is 63.1 Å². The average molecular weight is 367 g/mol. The van der Waals surface area contributed by atoms with Gasteiger partial charge in [-0.2, -0.15) is 0 Å². The molecule has 1 N–H and O–H groups in total. The molecular weight excluding hydrogens is 350 g/mol. The van der Waals surface area contributed by atoms with E-state index in [-0.39, 0.29) is 0 Å². The molecule has 1 fully saturated rings. The third-order valence-electron chi connectivity index (χ3n) is 3.51. The second-order valence-electron chi connectivity index (χ2n) is 5.30. The summed E-state index contributed by atoms with van der Waals surface area (Å²) in [5.41, 5.74) is 2.40. The predicted octanol–water partition coefficient (Wildman–Crippen LogP) is 4.93. The molecule has 0 unspecified atom stereocenters. The monoisotopic (exact) mass is 365 g/mol. The SMILES string of the molecule is Clc1ccccc1OCc1ccc(CNC2CC2)cc1Br. The summed E-state index contributed by atoms with van der Waals surface area (Å²) in [7, 11) is 0. The maximum atomic E-state index is 6.09. The van der Waals surface area contributed by atoms with Crippen LogP contribution in [0.5, 0.6) is 5.75 Å². The molecule has 110 valence electrons. The van der Waals surface area contributed by atoms with E-state index in [1.54, 1.807) is 0 Å². The maximum absolute atomic E-state index is 6.09. The predicted molar refractivity (Wildman–Crippen MR) is 89.8 cm³/mol. The van der Waals surface area contributed by atoms with Crippen LogP contribution in [0.3, 0.4) is 0 Å². The van der Waals surface area contributed by atoms with E-state index in [1.165, 1.54) is 18.4 Å². The lowest BCUT2D eigenvalue weighted by atomic mass is 10.1. The number of hydrogen-bond acceptors (Lipinski definition) is 2. The number of para-hydroxylation sites is 1. The minimum Gasteiger partial charge on any atom is -0.487 e. The lowest BCUT2D eigenvalue weighted by molar-refractivity contribution is 0.305. The Morgan fingerprint density at radius 3 is 2.71 bits per heavy atom. The molecule has 2 aromatic carbocycles. The van der Waals surface area contributed by atoms with Crippen LogP contribution in [0.4, 0.5) is 0 Å². The van der Waals surface area contributed by atoms with Crippen molar-refractivity contribution < 1.29 is 4.74 Å². The van der Waals surface area contributed by atoms with Gasteiger partial charge < -0.3 is 10.1 Å². The average Bonchev–Trinajstić information content (AvgIpc) is 3.30. The Bertz CT molecular complexity index is 628. The molecule has 0 aromatic heterocycles. The fourth-order valence-electron chi connectivity index (χ4n) is 2.08. The topological polar surface area (TPSA) is 21.3 Å². The molecule has 2 aromatic rings. The first-order valence-corrected chi connectivity index (χ1v) is 8.27. The van der Waals surface area contributed by atoms with Crippen LogP contribution in [0, 0.1) is 0 Å². The summed E-state index contributed by atoms with van der Waals surface area (Å²) in [6, 6.07) is 14.7. The Labute approximate surface area is 138 Å². The van der Waals surface area contributed by atoms with Gasteiger partial charge in [0, 0.05) is 22.6 Å². The Morgan fingerprint density at radius 2 is 2.00 bits per heavy atom. The smallest absolute Gasteiger partial charge is 0.138 e. The summed E-state index contributed by atoms with van der Waals surface area (Å²) in [6.07, 6.45) is 2.62. The van der Waals surface area contributed by atoms with Crippen LogP contribution in [0.2, 0.25) is 5.02 Å². The van der Waals surface area contributed by atoms with Crippen LogP contribution in [-0.2, 0) is 13.2 Å². The van der Waals surface area contributed by atoms with Crippen molar-refractivity contribution in [2.24, 2.45) is 0 Å². The summed E-state index contributed by atoms with van der Waals surface area (Å²) in [5.74, 6) is 0.713. The second-order valence-corrected chi connectivity index (χ2v) is 6.56. The first-order valence-electron chi connectivity index (χ1n) is 7.10. The van der Waals surface area contributed by atoms with E-state index in [4.69, 9.17) is 16.3 Å². The van der Waals surface area contributed by atoms with Crippen molar-refractivity contribution in [2.75, 3.05) is 0 Å². The van der Waals surface area contributed by atoms with Gasteiger partial charge in [-0.3, -0.25) is 0 Å². The summed E-state index contributed by atoms with van der Waals surface area (Å²) >= 11 is 9.71. The third-order valence-corrected chi connectivity index (χ3v) is 4.56. The van der Waals surface area contributed by atoms with Gasteiger partial charge in [-0.05, 0) is 36.6 Å². The molecule has 2 nitrogen and oxygen atoms in total. The van der Waals surface area contributed by atoms with Crippen LogP contribution < -0.4 is 10.1 Å². The molecule has 3 rings (SSSR count). The van der Waals surface area contributed by atoms with E-state index >= 15 is 0 Å². The van der Waals surface area contributed by atoms with Crippen LogP contribution >= 0.6 is 27.5 Å². The number of halogens is 2. The van der Waals surface area contributed by atoms with Gasteiger partial charge in [0.25, 0.3) is 0 Å². The molecule has 0 atom stereocenters. The standard InChI is InChI=1S/C17H17BrClNO/c18-15-9-12(10-20-14-7-8-14)5-6-13(15)11-21-17-4-2-1-3-16(17)19/h1-6,9,14,20H,7-8,10-11H2. The van der Waals surface area contributed by atoms with Crippen LogP contribution in [0.25, 0.3) is 0 Å². The zero-order chi connectivity index (χ0) is 14.7. The fourth-order valence-corrected chi connectivity index (χ4v) is 2.82. The molecule has 0 heterocycles. The Kier molecular flexibility index (Phi) is 4.84. The molecule has 0 saturated heterocycles. The largest absolute Gasteiger partial charge is 0.487 e. The Hall–Kier alpha value is -1.03. The fraction of sp³-hybridized carbons (Fsp3) is 0.294. The molecule has 0 bridgehead atoms. The summed E-state index contributed by atoms with van der Waals surface area (Å²) in [4.78, 5) is 0. The van der Waals surface area contributed by atoms with Gasteiger partial charge in [0.2, 0.25) is 0 Å². The van der Waals surface area contributed by atoms with E-state index in [0.29, 0.717) is 17.4 Å². The van der Waals surface area contributed by atoms with Gasteiger partial charge in [0.05, 0.1) is 5.02 Å². The van der Waals surface area contributed by atoms with Gasteiger partial charge in [-0.1, -0.05) is 51.8 Å². The van der Waals surface area contributed by atoms with Crippen LogP contribution in [0.1, 0.15) is 24.0 Å². The quantitative estimate of drug-likeness (QED) is 0.782. The lowest BCUT2D eigenvalue weighted by Crippen LogP contribution is -2.15. The highest BCUT2D eigenvalue weighted by Gasteiger charge is 2.19. The number of benzene rings is 2. The van der Waals surface area contributed by atoms with Gasteiger partial charge in [-0.25, -0.2) is 0 Å². The molecule has 1 aliphatic carbocycles. The van der Waals surface area contributed by atoms with Crippen molar-refractivity contribution >= 4 is 27.5 Å². The molecule has 0 amide bonds. The minimum atomic E-state index is 0.501. The number of ether oxygens (including phenoxy) is 1. The second kappa shape index (κ2) is 6.82. The first kappa shape index (κ1) is 14.9. The number of nitrogens with one attached hydrogen (secondary N) is 1. The van der Waals surface area contributed by atoms with Crippen LogP contribution in [0.15, 0.2) is 46.9 Å². The van der Waals surface area contributed by atoms with Gasteiger partial charge in [0.15, 0.2) is 0 Å². The van der Waals surface area contributed by atoms with Gasteiger partial charge in [0.1, 0.15) is 12.4 Å². The highest BCUT2D eigenvalue weighted by molar-refractivity contribution is 9.10. The van der Waals surface area contributed by atoms with Crippen molar-refractivity contribution in [1.29, 1.82) is 0 Å². The molecule has 21 heavy (non-hydrogen) atoms. The highest BCUT2D eigenvalue weighted by atomic mass is 79.9. The Morgan fingerprint density at radius 1 is 1.19 bits per heavy atom. The maximum Gasteiger partial charge on any atom is 0.138 e. The third kappa shape index (κ3) is 4.22. The van der Waals surface area contributed by atoms with E-state index in [2.05, 4.69) is 39.4 Å². The highest BCUT2D eigenvalue weighted by Crippen LogP contribution is 2.26. The first-order chi connectivity index (χ1) is 10.2. The van der Waals surface area contributed by atoms with Crippen molar-refractivity contribution in [2.45, 2.75) is 32.0 Å². The van der Waals surface area contributed by atoms with E-state index in [1.807, 2.05) is 24.3 Å². The van der Waals surface area contributed by atoms with E-state index in [9.17, 15) is 0 Å². The lowest BCUT2D eigenvalue weighted by Gasteiger charge is -2.11. The zero-order valence-corrected chi connectivity index (χ0v) is 14.0. The molecule has 4 heteroatoms. The van der Waals surface area contributed by atoms with E-state index < -0.39 is 0 Å². The van der Waals surface area contributed by atoms with Crippen molar-refractivity contribution in [3.8, 4) is 5.75 Å². The van der Waals surface area contributed by atoms with Crippen molar-refractivity contribution in [3.63, 3.8) is 0 Å². The number of hydrogen-bond donors (Lipinski definition) is 1. The summed E-state index contributed by atoms with van der Waals surface area (Å²) in [6.45, 7) is 1.43. The normalized spacial score (nSPS) is 14.2. The summed E-state index contributed by atoms with van der Waals surface area (Å²) in [5, 5.41) is 4.15. The zero-order valence-electron chi connectivity index (χ0n) is 11.6. The molecule has 1 saturated carbocycles. The van der Waals surface area contributed by atoms with E-state index in [0.717, 1.165) is 22.6 Å².